The Morgan fingerprint density at radius 2 is 1.50 bits per heavy atom. The van der Waals surface area contributed by atoms with Crippen LogP contribution in [-0.2, 0) is 0 Å². The molecule has 3 nitrogen and oxygen atoms in total. The van der Waals surface area contributed by atoms with Gasteiger partial charge in [0.05, 0.1) is 0 Å². The van der Waals surface area contributed by atoms with Gasteiger partial charge in [-0.3, -0.25) is 0 Å². The molecule has 0 aliphatic rings. The van der Waals surface area contributed by atoms with E-state index in [-0.39, 0.29) is 0 Å². The fraction of sp³-hybridized carbons (Fsp3) is 0. The van der Waals surface area contributed by atoms with Crippen LogP contribution in [0, 0.1) is 0 Å². The van der Waals surface area contributed by atoms with Crippen LogP contribution in [0.2, 0.25) is 0 Å². The number of nitrogens with zero attached hydrogens (tertiary/aromatic N) is 1. The van der Waals surface area contributed by atoms with Crippen molar-refractivity contribution in [1.29, 1.82) is 0 Å². The molecule has 4 heteroatoms. The van der Waals surface area contributed by atoms with Gasteiger partial charge < -0.3 is 14.9 Å². The highest BCUT2D eigenvalue weighted by molar-refractivity contribution is 6.58. The smallest absolute Gasteiger partial charge is 0.423 e. The maximum Gasteiger partial charge on any atom is 0.488 e. The van der Waals surface area contributed by atoms with Crippen LogP contribution >= 0.6 is 0 Å². The molecule has 0 saturated carbocycles. The molecule has 22 heavy (non-hydrogen) atoms. The van der Waals surface area contributed by atoms with Crippen LogP contribution in [0.3, 0.4) is 0 Å². The summed E-state index contributed by atoms with van der Waals surface area (Å²) in [4.78, 5) is 2.02. The molecule has 2 rings (SSSR count). The zero-order valence-corrected chi connectivity index (χ0v) is 12.3. The van der Waals surface area contributed by atoms with E-state index < -0.39 is 7.12 Å². The molecule has 110 valence electrons. The summed E-state index contributed by atoms with van der Waals surface area (Å²) in [6, 6.07) is 16.9. The zero-order valence-electron chi connectivity index (χ0n) is 12.3. The Bertz CT molecular complexity index is 663. The standard InChI is InChI=1S/C18H18BNO2/c1-3-8-16(4-2)20(17-9-6-5-7-10-17)18-13-11-15(12-14-18)19(21)22/h3-14,21-22H,1-2H2/b16-8+. The molecular weight excluding hydrogens is 273 g/mol. The SMILES string of the molecule is C=C/C=C(\C=C)N(c1ccccc1)c1ccc(B(O)O)cc1. The van der Waals surface area contributed by atoms with Crippen LogP contribution in [0.15, 0.2) is 91.7 Å². The number of anilines is 2. The van der Waals surface area contributed by atoms with Crippen molar-refractivity contribution in [1.82, 2.24) is 0 Å². The highest BCUT2D eigenvalue weighted by atomic mass is 16.4. The summed E-state index contributed by atoms with van der Waals surface area (Å²) in [5.41, 5.74) is 3.19. The topological polar surface area (TPSA) is 43.7 Å². The van der Waals surface area contributed by atoms with E-state index in [4.69, 9.17) is 0 Å². The summed E-state index contributed by atoms with van der Waals surface area (Å²) in [6.45, 7) is 7.60. The fourth-order valence-electron chi connectivity index (χ4n) is 2.17. The third kappa shape index (κ3) is 3.55. The number of benzene rings is 2. The van der Waals surface area contributed by atoms with Crippen molar-refractivity contribution in [2.45, 2.75) is 0 Å². The number of rotatable bonds is 6. The maximum atomic E-state index is 9.21. The van der Waals surface area contributed by atoms with Crippen molar-refractivity contribution < 1.29 is 10.0 Å². The van der Waals surface area contributed by atoms with Crippen LogP contribution in [0.4, 0.5) is 11.4 Å². The third-order valence-electron chi connectivity index (χ3n) is 3.22. The van der Waals surface area contributed by atoms with Crippen LogP contribution in [0.25, 0.3) is 0 Å². The minimum atomic E-state index is -1.47. The van der Waals surface area contributed by atoms with Gasteiger partial charge in [-0.2, -0.15) is 0 Å². The lowest BCUT2D eigenvalue weighted by Crippen LogP contribution is -2.29. The number of hydrogen-bond acceptors (Lipinski definition) is 3. The summed E-state index contributed by atoms with van der Waals surface area (Å²) >= 11 is 0. The van der Waals surface area contributed by atoms with Crippen molar-refractivity contribution in [2.75, 3.05) is 4.90 Å². The molecule has 2 N–H and O–H groups in total. The van der Waals surface area contributed by atoms with Crippen LogP contribution in [-0.4, -0.2) is 17.2 Å². The van der Waals surface area contributed by atoms with Gasteiger partial charge in [0.2, 0.25) is 0 Å². The van der Waals surface area contributed by atoms with E-state index in [1.807, 2.05) is 53.4 Å². The second-order valence-electron chi connectivity index (χ2n) is 4.67. The van der Waals surface area contributed by atoms with Crippen LogP contribution < -0.4 is 10.4 Å². The molecule has 0 aliphatic carbocycles. The minimum absolute atomic E-state index is 0.449. The molecule has 2 aromatic rings. The monoisotopic (exact) mass is 291 g/mol. The van der Waals surface area contributed by atoms with E-state index in [1.54, 1.807) is 24.3 Å². The molecule has 0 spiro atoms. The van der Waals surface area contributed by atoms with Gasteiger partial charge in [-0.05, 0) is 41.9 Å². The summed E-state index contributed by atoms with van der Waals surface area (Å²) in [6.07, 6.45) is 5.33. The molecule has 0 radical (unpaired) electrons. The van der Waals surface area contributed by atoms with Gasteiger partial charge in [-0.25, -0.2) is 0 Å². The molecule has 0 fully saturated rings. The van der Waals surface area contributed by atoms with Crippen molar-refractivity contribution in [2.24, 2.45) is 0 Å². The Morgan fingerprint density at radius 1 is 0.909 bits per heavy atom. The van der Waals surface area contributed by atoms with E-state index in [1.165, 1.54) is 0 Å². The minimum Gasteiger partial charge on any atom is -0.423 e. The molecule has 0 heterocycles. The first kappa shape index (κ1) is 15.8. The number of allylic oxidation sites excluding steroid dienone is 3. The average Bonchev–Trinajstić information content (AvgIpc) is 2.56. The van der Waals surface area contributed by atoms with Crippen molar-refractivity contribution in [3.63, 3.8) is 0 Å². The Kier molecular flexibility index (Phi) is 5.36. The lowest BCUT2D eigenvalue weighted by molar-refractivity contribution is 0.426. The van der Waals surface area contributed by atoms with Gasteiger partial charge in [-0.15, -0.1) is 0 Å². The maximum absolute atomic E-state index is 9.21. The molecular formula is C18H18BNO2. The van der Waals surface area contributed by atoms with E-state index in [9.17, 15) is 10.0 Å². The normalized spacial score (nSPS) is 10.9. The second-order valence-corrected chi connectivity index (χ2v) is 4.67. The van der Waals surface area contributed by atoms with Crippen LogP contribution in [0.1, 0.15) is 0 Å². The average molecular weight is 291 g/mol. The van der Waals surface area contributed by atoms with E-state index in [2.05, 4.69) is 13.2 Å². The predicted octanol–water partition coefficient (Wildman–Crippen LogP) is 2.76. The summed E-state index contributed by atoms with van der Waals surface area (Å²) in [5, 5.41) is 18.4. The molecule has 2 aromatic carbocycles. The first-order valence-electron chi connectivity index (χ1n) is 6.94. The second kappa shape index (κ2) is 7.45. The quantitative estimate of drug-likeness (QED) is 0.635. The van der Waals surface area contributed by atoms with Gasteiger partial charge in [0, 0.05) is 17.1 Å². The first-order chi connectivity index (χ1) is 10.7. The number of para-hydroxylation sites is 1. The Balaban J connectivity index is 2.51. The fourth-order valence-corrected chi connectivity index (χ4v) is 2.17. The van der Waals surface area contributed by atoms with E-state index in [0.717, 1.165) is 17.1 Å². The Hall–Kier alpha value is -2.56. The predicted molar refractivity (Wildman–Crippen MR) is 93.3 cm³/mol. The van der Waals surface area contributed by atoms with Gasteiger partial charge in [0.25, 0.3) is 0 Å². The summed E-state index contributed by atoms with van der Waals surface area (Å²) in [5.74, 6) is 0. The van der Waals surface area contributed by atoms with Gasteiger partial charge in [-0.1, -0.05) is 49.6 Å². The molecule has 0 atom stereocenters. The molecule has 0 saturated heterocycles. The highest BCUT2D eigenvalue weighted by Gasteiger charge is 2.14. The van der Waals surface area contributed by atoms with Crippen molar-refractivity contribution in [3.05, 3.63) is 91.7 Å². The van der Waals surface area contributed by atoms with Gasteiger partial charge in [0.15, 0.2) is 0 Å². The van der Waals surface area contributed by atoms with Crippen molar-refractivity contribution in [3.8, 4) is 0 Å². The van der Waals surface area contributed by atoms with Gasteiger partial charge in [0.1, 0.15) is 0 Å². The Morgan fingerprint density at radius 3 is 2.00 bits per heavy atom. The molecule has 0 unspecified atom stereocenters. The third-order valence-corrected chi connectivity index (χ3v) is 3.22. The van der Waals surface area contributed by atoms with Gasteiger partial charge >= 0.3 is 7.12 Å². The van der Waals surface area contributed by atoms with Crippen LogP contribution in [0.5, 0.6) is 0 Å². The summed E-state index contributed by atoms with van der Waals surface area (Å²) < 4.78 is 0. The number of hydrogen-bond donors (Lipinski definition) is 2. The zero-order chi connectivity index (χ0) is 15.9. The van der Waals surface area contributed by atoms with E-state index >= 15 is 0 Å². The summed E-state index contributed by atoms with van der Waals surface area (Å²) in [7, 11) is -1.47. The largest absolute Gasteiger partial charge is 0.488 e. The van der Waals surface area contributed by atoms with E-state index in [0.29, 0.717) is 5.46 Å². The lowest BCUT2D eigenvalue weighted by atomic mass is 9.80. The molecule has 0 bridgehead atoms. The highest BCUT2D eigenvalue weighted by Crippen LogP contribution is 2.29. The lowest BCUT2D eigenvalue weighted by Gasteiger charge is -2.26. The van der Waals surface area contributed by atoms with Crippen molar-refractivity contribution >= 4 is 24.0 Å². The molecule has 0 aromatic heterocycles. The molecule has 0 aliphatic heterocycles. The Labute approximate surface area is 131 Å². The molecule has 0 amide bonds. The first-order valence-corrected chi connectivity index (χ1v) is 6.94.